The van der Waals surface area contributed by atoms with E-state index in [1.165, 1.54) is 19.0 Å². The molecule has 0 radical (unpaired) electrons. The first-order chi connectivity index (χ1) is 14.6. The molecule has 1 amide bonds. The maximum Gasteiger partial charge on any atom is 0.261 e. The molecule has 5 rings (SSSR count). The van der Waals surface area contributed by atoms with Crippen LogP contribution in [-0.4, -0.2) is 37.4 Å². The molecule has 1 aliphatic carbocycles. The number of benzene rings is 1. The van der Waals surface area contributed by atoms with Crippen molar-refractivity contribution in [2.24, 2.45) is 5.92 Å². The van der Waals surface area contributed by atoms with Crippen LogP contribution in [0.25, 0.3) is 16.6 Å². The Morgan fingerprint density at radius 2 is 2.07 bits per heavy atom. The summed E-state index contributed by atoms with van der Waals surface area (Å²) in [6, 6.07) is 5.99. The van der Waals surface area contributed by atoms with Crippen LogP contribution in [0.4, 0.5) is 5.69 Å². The van der Waals surface area contributed by atoms with Crippen LogP contribution in [0.15, 0.2) is 43.0 Å². The van der Waals surface area contributed by atoms with E-state index in [-0.39, 0.29) is 5.91 Å². The molecule has 8 heteroatoms. The van der Waals surface area contributed by atoms with Gasteiger partial charge in [-0.15, -0.1) is 0 Å². The summed E-state index contributed by atoms with van der Waals surface area (Å²) in [7, 11) is 1.59. The highest BCUT2D eigenvalue weighted by atomic mass is 16.5. The van der Waals surface area contributed by atoms with Crippen molar-refractivity contribution in [2.45, 2.75) is 38.6 Å². The number of aromatic nitrogens is 5. The average molecular weight is 404 g/mol. The molecule has 1 aliphatic rings. The Hall–Kier alpha value is -3.42. The molecular formula is C22H24N6O2. The summed E-state index contributed by atoms with van der Waals surface area (Å²) in [5.74, 6) is 1.08. The highest BCUT2D eigenvalue weighted by Gasteiger charge is 2.22. The van der Waals surface area contributed by atoms with Crippen LogP contribution in [0.3, 0.4) is 0 Å². The first kappa shape index (κ1) is 18.6. The number of methoxy groups -OCH3 is 1. The van der Waals surface area contributed by atoms with Gasteiger partial charge in [0, 0.05) is 30.0 Å². The van der Waals surface area contributed by atoms with Gasteiger partial charge in [0.25, 0.3) is 5.91 Å². The number of carbonyl (C=O) groups is 1. The van der Waals surface area contributed by atoms with Crippen molar-refractivity contribution in [3.05, 3.63) is 48.5 Å². The van der Waals surface area contributed by atoms with E-state index in [0.717, 1.165) is 29.7 Å². The largest absolute Gasteiger partial charge is 0.494 e. The second-order valence-electron chi connectivity index (χ2n) is 8.03. The molecule has 4 aromatic rings. The van der Waals surface area contributed by atoms with Gasteiger partial charge in [-0.2, -0.15) is 10.2 Å². The molecule has 1 aromatic carbocycles. The second kappa shape index (κ2) is 7.44. The average Bonchev–Trinajstić information content (AvgIpc) is 3.37. The van der Waals surface area contributed by atoms with Crippen molar-refractivity contribution in [2.75, 3.05) is 12.4 Å². The number of rotatable bonds is 4. The van der Waals surface area contributed by atoms with Gasteiger partial charge in [0.2, 0.25) is 0 Å². The molecule has 0 unspecified atom stereocenters. The van der Waals surface area contributed by atoms with Gasteiger partial charge in [-0.25, -0.2) is 9.50 Å². The molecule has 1 fully saturated rings. The van der Waals surface area contributed by atoms with Gasteiger partial charge in [0.05, 0.1) is 30.6 Å². The van der Waals surface area contributed by atoms with E-state index in [1.807, 2.05) is 12.1 Å². The van der Waals surface area contributed by atoms with E-state index >= 15 is 0 Å². The van der Waals surface area contributed by atoms with Crippen molar-refractivity contribution < 1.29 is 9.53 Å². The molecule has 154 valence electrons. The smallest absolute Gasteiger partial charge is 0.261 e. The van der Waals surface area contributed by atoms with Crippen molar-refractivity contribution in [1.29, 1.82) is 0 Å². The number of fused-ring (bicyclic) bond motifs is 2. The molecule has 0 bridgehead atoms. The minimum Gasteiger partial charge on any atom is -0.494 e. The Kier molecular flexibility index (Phi) is 4.61. The molecule has 0 aliphatic heterocycles. The van der Waals surface area contributed by atoms with Gasteiger partial charge in [0.15, 0.2) is 5.65 Å². The summed E-state index contributed by atoms with van der Waals surface area (Å²) in [5, 5.41) is 12.9. The fourth-order valence-electron chi connectivity index (χ4n) is 4.21. The zero-order valence-electron chi connectivity index (χ0n) is 17.1. The van der Waals surface area contributed by atoms with E-state index in [4.69, 9.17) is 9.84 Å². The maximum absolute atomic E-state index is 12.9. The highest BCUT2D eigenvalue weighted by Crippen LogP contribution is 2.35. The lowest BCUT2D eigenvalue weighted by Crippen LogP contribution is -2.16. The predicted octanol–water partition coefficient (Wildman–Crippen LogP) is 4.09. The Balaban J connectivity index is 1.45. The third-order valence-electron chi connectivity index (χ3n) is 5.97. The first-order valence-electron chi connectivity index (χ1n) is 10.3. The van der Waals surface area contributed by atoms with Crippen molar-refractivity contribution in [1.82, 2.24) is 24.4 Å². The SMILES string of the molecule is COc1cc2nn([C@H]3CC[C@H](C)CC3)cc2cc1NC(=O)c1cnn2cccnc12. The lowest BCUT2D eigenvalue weighted by molar-refractivity contribution is 0.102. The highest BCUT2D eigenvalue weighted by molar-refractivity contribution is 6.09. The van der Waals surface area contributed by atoms with Gasteiger partial charge in [0.1, 0.15) is 11.3 Å². The van der Waals surface area contributed by atoms with Crippen molar-refractivity contribution in [3.8, 4) is 5.75 Å². The van der Waals surface area contributed by atoms with Crippen LogP contribution in [0, 0.1) is 5.92 Å². The summed E-state index contributed by atoms with van der Waals surface area (Å²) in [4.78, 5) is 17.1. The van der Waals surface area contributed by atoms with E-state index in [0.29, 0.717) is 28.7 Å². The predicted molar refractivity (Wildman–Crippen MR) is 114 cm³/mol. The summed E-state index contributed by atoms with van der Waals surface area (Å²) in [6.07, 6.45) is 11.8. The van der Waals surface area contributed by atoms with Crippen molar-refractivity contribution >= 4 is 28.1 Å². The molecule has 30 heavy (non-hydrogen) atoms. The van der Waals surface area contributed by atoms with Crippen LogP contribution in [0.2, 0.25) is 0 Å². The number of nitrogens with zero attached hydrogens (tertiary/aromatic N) is 5. The van der Waals surface area contributed by atoms with E-state index in [1.54, 1.807) is 30.1 Å². The Bertz CT molecular complexity index is 1220. The van der Waals surface area contributed by atoms with E-state index < -0.39 is 0 Å². The van der Waals surface area contributed by atoms with Crippen LogP contribution in [0.5, 0.6) is 5.75 Å². The minimum absolute atomic E-state index is 0.282. The zero-order valence-corrected chi connectivity index (χ0v) is 17.1. The molecule has 3 heterocycles. The van der Waals surface area contributed by atoms with Gasteiger partial charge in [-0.05, 0) is 43.7 Å². The van der Waals surface area contributed by atoms with Gasteiger partial charge < -0.3 is 10.1 Å². The fraction of sp³-hybridized carbons (Fsp3) is 0.364. The number of hydrogen-bond donors (Lipinski definition) is 1. The Morgan fingerprint density at radius 1 is 1.23 bits per heavy atom. The molecule has 0 saturated heterocycles. The molecule has 0 atom stereocenters. The van der Waals surface area contributed by atoms with Gasteiger partial charge in [-0.3, -0.25) is 9.48 Å². The van der Waals surface area contributed by atoms with Crippen LogP contribution in [-0.2, 0) is 0 Å². The van der Waals surface area contributed by atoms with E-state index in [9.17, 15) is 4.79 Å². The zero-order chi connectivity index (χ0) is 20.7. The quantitative estimate of drug-likeness (QED) is 0.554. The lowest BCUT2D eigenvalue weighted by atomic mass is 9.87. The number of anilines is 1. The summed E-state index contributed by atoms with van der Waals surface area (Å²) < 4.78 is 9.18. The van der Waals surface area contributed by atoms with E-state index in [2.05, 4.69) is 33.2 Å². The topological polar surface area (TPSA) is 86.3 Å². The molecule has 1 saturated carbocycles. The summed E-state index contributed by atoms with van der Waals surface area (Å²) in [5.41, 5.74) is 2.38. The second-order valence-corrected chi connectivity index (χ2v) is 8.03. The number of hydrogen-bond acceptors (Lipinski definition) is 5. The molecule has 8 nitrogen and oxygen atoms in total. The normalized spacial score (nSPS) is 19.3. The molecule has 3 aromatic heterocycles. The van der Waals surface area contributed by atoms with Gasteiger partial charge >= 0.3 is 0 Å². The van der Waals surface area contributed by atoms with Crippen LogP contribution >= 0.6 is 0 Å². The molecule has 0 spiro atoms. The lowest BCUT2D eigenvalue weighted by Gasteiger charge is -2.26. The van der Waals surface area contributed by atoms with Gasteiger partial charge in [-0.1, -0.05) is 6.92 Å². The maximum atomic E-state index is 12.9. The standard InChI is InChI=1S/C22H24N6O2/c1-14-4-6-16(7-5-14)28-13-15-10-19(20(30-2)11-18(15)26-28)25-22(29)17-12-24-27-9-3-8-23-21(17)27/h3,8-14,16H,4-7H2,1-2H3,(H,25,29)/t14-,16-. The molecule has 1 N–H and O–H groups in total. The number of nitrogens with one attached hydrogen (secondary N) is 1. The summed E-state index contributed by atoms with van der Waals surface area (Å²) in [6.45, 7) is 2.31. The van der Waals surface area contributed by atoms with Crippen molar-refractivity contribution in [3.63, 3.8) is 0 Å². The fourth-order valence-corrected chi connectivity index (χ4v) is 4.21. The van der Waals surface area contributed by atoms with Crippen LogP contribution < -0.4 is 10.1 Å². The number of carbonyl (C=O) groups excluding carboxylic acids is 1. The summed E-state index contributed by atoms with van der Waals surface area (Å²) >= 11 is 0. The Labute approximate surface area is 173 Å². The Morgan fingerprint density at radius 3 is 2.87 bits per heavy atom. The number of amides is 1. The third kappa shape index (κ3) is 3.28. The molecular weight excluding hydrogens is 380 g/mol. The minimum atomic E-state index is -0.282. The number of ether oxygens (including phenoxy) is 1. The third-order valence-corrected chi connectivity index (χ3v) is 5.97. The first-order valence-corrected chi connectivity index (χ1v) is 10.3. The monoisotopic (exact) mass is 404 g/mol. The van der Waals surface area contributed by atoms with Crippen LogP contribution in [0.1, 0.15) is 49.0 Å².